The molecule has 1 aromatic rings. The van der Waals surface area contributed by atoms with Crippen molar-refractivity contribution in [1.82, 2.24) is 4.98 Å². The number of nitrogens with two attached hydrogens (primary N) is 1. The van der Waals surface area contributed by atoms with Gasteiger partial charge < -0.3 is 10.5 Å². The fraction of sp³-hybridized carbons (Fsp3) is 0.455. The molecule has 1 heterocycles. The molecule has 0 spiro atoms. The lowest BCUT2D eigenvalue weighted by Crippen LogP contribution is -2.25. The topological polar surface area (TPSA) is 65.2 Å². The zero-order valence-electron chi connectivity index (χ0n) is 10.3. The van der Waals surface area contributed by atoms with Crippen LogP contribution in [-0.2, 0) is 9.53 Å². The molecular formula is C11H14F2N2O2S. The molecule has 4 nitrogen and oxygen atoms in total. The first-order valence-electron chi connectivity index (χ1n) is 5.15. The van der Waals surface area contributed by atoms with Crippen LogP contribution in [0.15, 0.2) is 11.1 Å². The number of carbonyl (C=O) groups is 1. The molecule has 0 saturated carbocycles. The van der Waals surface area contributed by atoms with Gasteiger partial charge in [-0.2, -0.15) is 0 Å². The monoisotopic (exact) mass is 276 g/mol. The van der Waals surface area contributed by atoms with Crippen LogP contribution in [0.1, 0.15) is 20.8 Å². The summed E-state index contributed by atoms with van der Waals surface area (Å²) in [5, 5.41) is -0.125. The van der Waals surface area contributed by atoms with E-state index in [1.165, 1.54) is 0 Å². The fourth-order valence-electron chi connectivity index (χ4n) is 1.06. The number of halogens is 2. The molecule has 0 atom stereocenters. The summed E-state index contributed by atoms with van der Waals surface area (Å²) in [7, 11) is 0. The number of hydrogen-bond donors (Lipinski definition) is 1. The molecule has 0 aromatic carbocycles. The van der Waals surface area contributed by atoms with Crippen molar-refractivity contribution in [2.45, 2.75) is 31.4 Å². The quantitative estimate of drug-likeness (QED) is 0.678. The van der Waals surface area contributed by atoms with Gasteiger partial charge in [0.1, 0.15) is 10.6 Å². The van der Waals surface area contributed by atoms with Crippen molar-refractivity contribution in [2.24, 2.45) is 0 Å². The molecule has 7 heteroatoms. The molecule has 0 aliphatic carbocycles. The van der Waals surface area contributed by atoms with Crippen molar-refractivity contribution in [2.75, 3.05) is 11.5 Å². The van der Waals surface area contributed by atoms with Crippen LogP contribution in [0.25, 0.3) is 0 Å². The minimum absolute atomic E-state index is 0.119. The van der Waals surface area contributed by atoms with Gasteiger partial charge >= 0.3 is 5.97 Å². The summed E-state index contributed by atoms with van der Waals surface area (Å²) in [6, 6.07) is 0.639. The Morgan fingerprint density at radius 1 is 1.44 bits per heavy atom. The van der Waals surface area contributed by atoms with Crippen molar-refractivity contribution >= 4 is 23.5 Å². The summed E-state index contributed by atoms with van der Waals surface area (Å²) in [5.74, 6) is -2.80. The molecule has 2 N–H and O–H groups in total. The lowest BCUT2D eigenvalue weighted by molar-refractivity contribution is -0.151. The summed E-state index contributed by atoms with van der Waals surface area (Å²) in [4.78, 5) is 14.9. The van der Waals surface area contributed by atoms with E-state index in [2.05, 4.69) is 4.98 Å². The van der Waals surface area contributed by atoms with E-state index in [-0.39, 0.29) is 10.8 Å². The highest BCUT2D eigenvalue weighted by atomic mass is 32.2. The molecule has 18 heavy (non-hydrogen) atoms. The summed E-state index contributed by atoms with van der Waals surface area (Å²) in [6.45, 7) is 5.18. The third-order valence-electron chi connectivity index (χ3n) is 1.67. The molecule has 0 unspecified atom stereocenters. The zero-order chi connectivity index (χ0) is 13.9. The number of aromatic nitrogens is 1. The molecule has 0 amide bonds. The molecule has 100 valence electrons. The summed E-state index contributed by atoms with van der Waals surface area (Å²) >= 11 is 0.811. The number of anilines is 1. The molecule has 1 rings (SSSR count). The van der Waals surface area contributed by atoms with Crippen LogP contribution < -0.4 is 5.73 Å². The number of thioether (sulfide) groups is 1. The third kappa shape index (κ3) is 4.48. The molecular weight excluding hydrogens is 262 g/mol. The average molecular weight is 276 g/mol. The first-order chi connectivity index (χ1) is 8.19. The lowest BCUT2D eigenvalue weighted by atomic mass is 10.2. The Kier molecular flexibility index (Phi) is 4.50. The first-order valence-corrected chi connectivity index (χ1v) is 6.14. The van der Waals surface area contributed by atoms with Gasteiger partial charge in [0.25, 0.3) is 0 Å². The number of ether oxygens (including phenoxy) is 1. The van der Waals surface area contributed by atoms with Crippen LogP contribution in [0.4, 0.5) is 14.6 Å². The summed E-state index contributed by atoms with van der Waals surface area (Å²) in [5.41, 5.74) is 4.61. The largest absolute Gasteiger partial charge is 0.459 e. The number of carbonyl (C=O) groups excluding carboxylic acids is 1. The predicted molar refractivity (Wildman–Crippen MR) is 65.1 cm³/mol. The normalized spacial score (nSPS) is 11.4. The molecule has 0 saturated heterocycles. The molecule has 0 fully saturated rings. The number of rotatable bonds is 3. The highest BCUT2D eigenvalue weighted by Gasteiger charge is 2.18. The van der Waals surface area contributed by atoms with Crippen molar-refractivity contribution in [1.29, 1.82) is 0 Å². The number of pyridine rings is 1. The Balaban J connectivity index is 2.64. The van der Waals surface area contributed by atoms with Gasteiger partial charge in [0.2, 0.25) is 0 Å². The van der Waals surface area contributed by atoms with Crippen LogP contribution in [0.5, 0.6) is 0 Å². The Morgan fingerprint density at radius 2 is 2.06 bits per heavy atom. The van der Waals surface area contributed by atoms with E-state index < -0.39 is 29.0 Å². The van der Waals surface area contributed by atoms with Crippen molar-refractivity contribution in [3.8, 4) is 0 Å². The van der Waals surface area contributed by atoms with Crippen LogP contribution in [0, 0.1) is 11.6 Å². The standard InChI is InChI=1S/C11H14F2N2O2S/c1-11(2,3)17-8(16)5-18-10-7(13)4-6(12)9(14)15-10/h4H,5H2,1-3H3,(H2,14,15). The van der Waals surface area contributed by atoms with E-state index >= 15 is 0 Å². The van der Waals surface area contributed by atoms with Gasteiger partial charge in [-0.1, -0.05) is 11.8 Å². The zero-order valence-corrected chi connectivity index (χ0v) is 11.1. The second-order valence-electron chi connectivity index (χ2n) is 4.52. The van der Waals surface area contributed by atoms with Crippen LogP contribution in [0.3, 0.4) is 0 Å². The first kappa shape index (κ1) is 14.7. The highest BCUT2D eigenvalue weighted by molar-refractivity contribution is 7.99. The van der Waals surface area contributed by atoms with Gasteiger partial charge in [-0.25, -0.2) is 13.8 Å². The molecule has 0 aliphatic rings. The van der Waals surface area contributed by atoms with E-state index in [4.69, 9.17) is 10.5 Å². The minimum atomic E-state index is -0.922. The predicted octanol–water partition coefficient (Wildman–Crippen LogP) is 2.38. The second kappa shape index (κ2) is 5.51. The average Bonchev–Trinajstić information content (AvgIpc) is 2.19. The van der Waals surface area contributed by atoms with E-state index in [1.807, 2.05) is 0 Å². The molecule has 0 radical (unpaired) electrons. The minimum Gasteiger partial charge on any atom is -0.459 e. The van der Waals surface area contributed by atoms with Gasteiger partial charge in [-0.3, -0.25) is 4.79 Å². The maximum atomic E-state index is 13.3. The van der Waals surface area contributed by atoms with E-state index in [9.17, 15) is 13.6 Å². The van der Waals surface area contributed by atoms with Gasteiger partial charge in [0.05, 0.1) is 5.75 Å². The second-order valence-corrected chi connectivity index (χ2v) is 5.48. The van der Waals surface area contributed by atoms with Crippen molar-refractivity contribution in [3.05, 3.63) is 17.7 Å². The van der Waals surface area contributed by atoms with Crippen molar-refractivity contribution < 1.29 is 18.3 Å². The smallest absolute Gasteiger partial charge is 0.316 e. The maximum absolute atomic E-state index is 13.3. The molecule has 0 aliphatic heterocycles. The maximum Gasteiger partial charge on any atom is 0.316 e. The highest BCUT2D eigenvalue weighted by Crippen LogP contribution is 2.23. The lowest BCUT2D eigenvalue weighted by Gasteiger charge is -2.19. The molecule has 0 bridgehead atoms. The summed E-state index contributed by atoms with van der Waals surface area (Å²) in [6.07, 6.45) is 0. The Bertz CT molecular complexity index is 461. The van der Waals surface area contributed by atoms with Gasteiger partial charge in [-0.05, 0) is 20.8 Å². The van der Waals surface area contributed by atoms with Crippen LogP contribution >= 0.6 is 11.8 Å². The number of hydrogen-bond acceptors (Lipinski definition) is 5. The summed E-state index contributed by atoms with van der Waals surface area (Å²) < 4.78 is 31.2. The number of nitrogen functional groups attached to an aromatic ring is 1. The van der Waals surface area contributed by atoms with E-state index in [0.29, 0.717) is 6.07 Å². The van der Waals surface area contributed by atoms with Gasteiger partial charge in [-0.15, -0.1) is 0 Å². The number of esters is 1. The van der Waals surface area contributed by atoms with Crippen LogP contribution in [0.2, 0.25) is 0 Å². The number of nitrogens with zero attached hydrogens (tertiary/aromatic N) is 1. The van der Waals surface area contributed by atoms with Gasteiger partial charge in [0, 0.05) is 6.07 Å². The Hall–Kier alpha value is -1.37. The SMILES string of the molecule is CC(C)(C)OC(=O)CSc1nc(N)c(F)cc1F. The van der Waals surface area contributed by atoms with Crippen molar-refractivity contribution in [3.63, 3.8) is 0 Å². The third-order valence-corrected chi connectivity index (χ3v) is 2.61. The van der Waals surface area contributed by atoms with E-state index in [0.717, 1.165) is 11.8 Å². The Labute approximate surface area is 108 Å². The van der Waals surface area contributed by atoms with Crippen LogP contribution in [-0.4, -0.2) is 22.3 Å². The molecule has 1 aromatic heterocycles. The van der Waals surface area contributed by atoms with E-state index in [1.54, 1.807) is 20.8 Å². The fourth-order valence-corrected chi connectivity index (χ4v) is 1.74. The Morgan fingerprint density at radius 3 is 2.61 bits per heavy atom. The van der Waals surface area contributed by atoms with Gasteiger partial charge in [0.15, 0.2) is 17.5 Å².